The number of carbonyl (C=O) groups excluding carboxylic acids is 3. The molecule has 2 rings (SSSR count). The van der Waals surface area contributed by atoms with Crippen molar-refractivity contribution in [3.05, 3.63) is 39.9 Å². The van der Waals surface area contributed by atoms with E-state index in [2.05, 4.69) is 5.32 Å². The number of piperidine rings is 1. The van der Waals surface area contributed by atoms with E-state index in [-0.39, 0.29) is 30.7 Å². The number of nitro groups is 1. The predicted molar refractivity (Wildman–Crippen MR) is 86.7 cm³/mol. The van der Waals surface area contributed by atoms with Crippen LogP contribution in [-0.2, 0) is 20.9 Å². The van der Waals surface area contributed by atoms with Crippen molar-refractivity contribution in [3.63, 3.8) is 0 Å². The molecule has 0 bridgehead atoms. The zero-order valence-corrected chi connectivity index (χ0v) is 13.6. The highest BCUT2D eigenvalue weighted by atomic mass is 16.6. The van der Waals surface area contributed by atoms with E-state index in [1.807, 2.05) is 0 Å². The van der Waals surface area contributed by atoms with Gasteiger partial charge in [0.1, 0.15) is 19.4 Å². The molecule has 0 aliphatic carbocycles. The summed E-state index contributed by atoms with van der Waals surface area (Å²) < 4.78 is 4.96. The van der Waals surface area contributed by atoms with Crippen molar-refractivity contribution < 1.29 is 24.0 Å². The van der Waals surface area contributed by atoms with Gasteiger partial charge < -0.3 is 19.7 Å². The molecule has 134 valence electrons. The second kappa shape index (κ2) is 8.76. The molecule has 1 saturated heterocycles. The number of benzene rings is 1. The molecule has 0 saturated carbocycles. The van der Waals surface area contributed by atoms with Crippen molar-refractivity contribution in [3.8, 4) is 0 Å². The highest BCUT2D eigenvalue weighted by Crippen LogP contribution is 2.15. The molecule has 1 aliphatic rings. The van der Waals surface area contributed by atoms with Gasteiger partial charge in [-0.1, -0.05) is 0 Å². The second-order valence-electron chi connectivity index (χ2n) is 5.71. The van der Waals surface area contributed by atoms with E-state index >= 15 is 0 Å². The minimum absolute atomic E-state index is 0.00340. The van der Waals surface area contributed by atoms with Crippen LogP contribution in [0.15, 0.2) is 24.3 Å². The summed E-state index contributed by atoms with van der Waals surface area (Å²) in [4.78, 5) is 45.9. The third-order valence-electron chi connectivity index (χ3n) is 3.99. The zero-order valence-electron chi connectivity index (χ0n) is 13.6. The Balaban J connectivity index is 1.69. The fraction of sp³-hybridized carbons (Fsp3) is 0.438. The van der Waals surface area contributed by atoms with E-state index < -0.39 is 11.0 Å². The number of nitrogens with one attached hydrogen (secondary N) is 1. The first-order valence-electron chi connectivity index (χ1n) is 7.86. The number of hydrogen-bond acceptors (Lipinski definition) is 6. The minimum atomic E-state index is -0.741. The first kappa shape index (κ1) is 18.4. The number of aldehydes is 1. The summed E-state index contributed by atoms with van der Waals surface area (Å²) in [5.41, 5.74) is 0.556. The number of likely N-dealkylation sites (tertiary alicyclic amines) is 1. The van der Waals surface area contributed by atoms with Crippen LogP contribution in [0.2, 0.25) is 0 Å². The molecule has 1 heterocycles. The first-order chi connectivity index (χ1) is 12.0. The third-order valence-corrected chi connectivity index (χ3v) is 3.99. The molecule has 1 fully saturated rings. The number of nitrogens with zero attached hydrogens (tertiary/aromatic N) is 2. The summed E-state index contributed by atoms with van der Waals surface area (Å²) >= 11 is 0. The van der Waals surface area contributed by atoms with Crippen LogP contribution >= 0.6 is 0 Å². The molecule has 1 aromatic rings. The fourth-order valence-corrected chi connectivity index (χ4v) is 2.46. The number of amides is 2. The van der Waals surface area contributed by atoms with Gasteiger partial charge in [-0.15, -0.1) is 0 Å². The van der Waals surface area contributed by atoms with Gasteiger partial charge in [0.05, 0.1) is 4.92 Å². The van der Waals surface area contributed by atoms with Gasteiger partial charge >= 0.3 is 6.09 Å². The van der Waals surface area contributed by atoms with Gasteiger partial charge in [0.2, 0.25) is 5.91 Å². The molecule has 9 nitrogen and oxygen atoms in total. The summed E-state index contributed by atoms with van der Waals surface area (Å²) in [5, 5.41) is 12.9. The lowest BCUT2D eigenvalue weighted by atomic mass is 9.99. The number of ether oxygens (including phenoxy) is 1. The summed E-state index contributed by atoms with van der Waals surface area (Å²) in [7, 11) is 0. The molecule has 0 atom stereocenters. The van der Waals surface area contributed by atoms with Gasteiger partial charge in [-0.05, 0) is 30.5 Å². The van der Waals surface area contributed by atoms with Crippen molar-refractivity contribution in [1.82, 2.24) is 10.2 Å². The molecular weight excluding hydrogens is 330 g/mol. The van der Waals surface area contributed by atoms with E-state index in [0.717, 1.165) is 6.29 Å². The van der Waals surface area contributed by atoms with Gasteiger partial charge in [0.25, 0.3) is 5.69 Å². The average molecular weight is 349 g/mol. The Kier molecular flexibility index (Phi) is 6.44. The fourth-order valence-electron chi connectivity index (χ4n) is 2.46. The lowest BCUT2D eigenvalue weighted by molar-refractivity contribution is -0.384. The van der Waals surface area contributed by atoms with Gasteiger partial charge in [-0.2, -0.15) is 0 Å². The van der Waals surface area contributed by atoms with E-state index in [1.165, 1.54) is 24.3 Å². The topological polar surface area (TPSA) is 119 Å². The van der Waals surface area contributed by atoms with Crippen molar-refractivity contribution in [2.75, 3.05) is 19.6 Å². The maximum atomic E-state index is 12.0. The van der Waals surface area contributed by atoms with E-state index in [0.29, 0.717) is 31.5 Å². The summed E-state index contributed by atoms with van der Waals surface area (Å²) in [6.45, 7) is 0.775. The highest BCUT2D eigenvalue weighted by molar-refractivity contribution is 5.82. The van der Waals surface area contributed by atoms with Gasteiger partial charge in [-0.3, -0.25) is 14.9 Å². The molecule has 0 radical (unpaired) electrons. The van der Waals surface area contributed by atoms with Gasteiger partial charge in [0.15, 0.2) is 0 Å². The largest absolute Gasteiger partial charge is 0.445 e. The molecule has 0 unspecified atom stereocenters. The molecule has 0 aromatic heterocycles. The minimum Gasteiger partial charge on any atom is -0.445 e. The molecule has 1 aromatic carbocycles. The number of rotatable bonds is 6. The Morgan fingerprint density at radius 1 is 1.28 bits per heavy atom. The van der Waals surface area contributed by atoms with Gasteiger partial charge in [-0.25, -0.2) is 4.79 Å². The van der Waals surface area contributed by atoms with E-state index in [4.69, 9.17) is 4.74 Å². The molecule has 2 amide bonds. The number of non-ortho nitro benzene ring substituents is 1. The van der Waals surface area contributed by atoms with Crippen LogP contribution < -0.4 is 5.32 Å². The van der Waals surface area contributed by atoms with Crippen LogP contribution in [0.25, 0.3) is 0 Å². The van der Waals surface area contributed by atoms with Crippen molar-refractivity contribution in [1.29, 1.82) is 0 Å². The van der Waals surface area contributed by atoms with Crippen molar-refractivity contribution >= 4 is 24.0 Å². The van der Waals surface area contributed by atoms with Crippen molar-refractivity contribution in [2.45, 2.75) is 19.4 Å². The Bertz CT molecular complexity index is 638. The molecule has 25 heavy (non-hydrogen) atoms. The average Bonchev–Trinajstić information content (AvgIpc) is 2.64. The second-order valence-corrected chi connectivity index (χ2v) is 5.71. The Hall–Kier alpha value is -2.97. The monoisotopic (exact) mass is 349 g/mol. The van der Waals surface area contributed by atoms with Crippen LogP contribution in [0.5, 0.6) is 0 Å². The molecular formula is C16H19N3O6. The summed E-state index contributed by atoms with van der Waals surface area (Å²) in [6.07, 6.45) is 1.45. The lowest BCUT2D eigenvalue weighted by Crippen LogP contribution is -2.44. The maximum absolute atomic E-state index is 12.0. The lowest BCUT2D eigenvalue weighted by Gasteiger charge is -2.29. The Labute approximate surface area is 144 Å². The van der Waals surface area contributed by atoms with Crippen LogP contribution in [0.4, 0.5) is 10.5 Å². The highest BCUT2D eigenvalue weighted by Gasteiger charge is 2.22. The van der Waals surface area contributed by atoms with Crippen molar-refractivity contribution in [2.24, 2.45) is 5.92 Å². The maximum Gasteiger partial charge on any atom is 0.407 e. The Morgan fingerprint density at radius 3 is 2.48 bits per heavy atom. The van der Waals surface area contributed by atoms with Crippen LogP contribution in [0, 0.1) is 16.0 Å². The molecule has 1 aliphatic heterocycles. The number of nitro benzene ring substituents is 1. The first-order valence-corrected chi connectivity index (χ1v) is 7.86. The quantitative estimate of drug-likeness (QED) is 0.469. The third kappa shape index (κ3) is 5.55. The van der Waals surface area contributed by atoms with Gasteiger partial charge in [0, 0.05) is 31.1 Å². The molecule has 0 spiro atoms. The van der Waals surface area contributed by atoms with Crippen LogP contribution in [0.1, 0.15) is 18.4 Å². The Morgan fingerprint density at radius 2 is 1.92 bits per heavy atom. The smallest absolute Gasteiger partial charge is 0.407 e. The number of alkyl carbamates (subject to hydrolysis) is 1. The van der Waals surface area contributed by atoms with Crippen LogP contribution in [0.3, 0.4) is 0 Å². The zero-order chi connectivity index (χ0) is 18.2. The number of carbonyl (C=O) groups is 3. The SMILES string of the molecule is O=CC1CCN(C(=O)CNC(=O)OCc2ccc([N+](=O)[O-])cc2)CC1. The number of hydrogen-bond donors (Lipinski definition) is 1. The van der Waals surface area contributed by atoms with E-state index in [9.17, 15) is 24.5 Å². The molecule has 9 heteroatoms. The molecule has 1 N–H and O–H groups in total. The predicted octanol–water partition coefficient (Wildman–Crippen LogP) is 1.26. The summed E-state index contributed by atoms with van der Waals surface area (Å²) in [6, 6.07) is 5.63. The normalized spacial score (nSPS) is 14.6. The van der Waals surface area contributed by atoms with E-state index in [1.54, 1.807) is 4.90 Å². The van der Waals surface area contributed by atoms with Crippen LogP contribution in [-0.4, -0.2) is 47.7 Å². The standard InChI is InChI=1S/C16H19N3O6/c20-10-12-5-7-18(8-6-12)15(21)9-17-16(22)25-11-13-1-3-14(4-2-13)19(23)24/h1-4,10,12H,5-9,11H2,(H,17,22). The summed E-state index contributed by atoms with van der Waals surface area (Å²) in [5.74, 6) is -0.222.